The molecule has 0 spiro atoms. The molecule has 0 rings (SSSR count). The average molecular weight is 174 g/mol. The Morgan fingerprint density at radius 1 is 1.50 bits per heavy atom. The van der Waals surface area contributed by atoms with Gasteiger partial charge in [-0.3, -0.25) is 4.79 Å². The Morgan fingerprint density at radius 2 is 2.08 bits per heavy atom. The lowest BCUT2D eigenvalue weighted by molar-refractivity contribution is -0.145. The molecule has 0 bridgehead atoms. The van der Waals surface area contributed by atoms with E-state index in [0.29, 0.717) is 0 Å². The molecule has 2 atom stereocenters. The molecule has 2 unspecified atom stereocenters. The molecule has 0 radical (unpaired) electrons. The van der Waals surface area contributed by atoms with Crippen LogP contribution in [-0.4, -0.2) is 22.8 Å². The lowest BCUT2D eigenvalue weighted by atomic mass is 9.90. The van der Waals surface area contributed by atoms with Gasteiger partial charge in [0.2, 0.25) is 0 Å². The molecule has 0 aromatic carbocycles. The molecule has 0 saturated heterocycles. The van der Waals surface area contributed by atoms with Crippen LogP contribution in [0.4, 0.5) is 0 Å². The van der Waals surface area contributed by atoms with Crippen molar-refractivity contribution in [3.63, 3.8) is 0 Å². The number of aliphatic carboxylic acids is 1. The highest BCUT2D eigenvalue weighted by Crippen LogP contribution is 2.17. The maximum absolute atomic E-state index is 10.6. The van der Waals surface area contributed by atoms with Gasteiger partial charge in [0.05, 0.1) is 12.5 Å². The fraction of sp³-hybridized carbons (Fsp3) is 0.889. The minimum absolute atomic E-state index is 0.0763. The molecule has 72 valence electrons. The minimum Gasteiger partial charge on any atom is -0.481 e. The van der Waals surface area contributed by atoms with E-state index in [1.54, 1.807) is 0 Å². The molecule has 0 aliphatic carbocycles. The van der Waals surface area contributed by atoms with Gasteiger partial charge in [-0.25, -0.2) is 0 Å². The highest BCUT2D eigenvalue weighted by Gasteiger charge is 2.22. The third-order valence-electron chi connectivity index (χ3n) is 2.21. The molecule has 0 saturated carbocycles. The number of carboxylic acids is 1. The molecule has 0 aromatic heterocycles. The van der Waals surface area contributed by atoms with Crippen LogP contribution < -0.4 is 0 Å². The Balaban J connectivity index is 3.85. The van der Waals surface area contributed by atoms with Gasteiger partial charge < -0.3 is 10.2 Å². The first kappa shape index (κ1) is 11.4. The number of hydrogen-bond donors (Lipinski definition) is 2. The molecule has 0 heterocycles. The molecular formula is C9H18O3. The summed E-state index contributed by atoms with van der Waals surface area (Å²) in [5, 5.41) is 17.5. The van der Waals surface area contributed by atoms with Crippen LogP contribution in [0, 0.1) is 11.8 Å². The SMILES string of the molecule is CCCCC(C)C(CO)C(=O)O. The topological polar surface area (TPSA) is 57.5 Å². The van der Waals surface area contributed by atoms with Gasteiger partial charge in [-0.15, -0.1) is 0 Å². The molecule has 0 aromatic rings. The highest BCUT2D eigenvalue weighted by atomic mass is 16.4. The summed E-state index contributed by atoms with van der Waals surface area (Å²) in [5.74, 6) is -1.40. The fourth-order valence-corrected chi connectivity index (χ4v) is 1.23. The van der Waals surface area contributed by atoms with E-state index in [-0.39, 0.29) is 12.5 Å². The first-order valence-electron chi connectivity index (χ1n) is 4.47. The standard InChI is InChI=1S/C9H18O3/c1-3-4-5-7(2)8(6-10)9(11)12/h7-8,10H,3-6H2,1-2H3,(H,11,12). The summed E-state index contributed by atoms with van der Waals surface area (Å²) >= 11 is 0. The molecule has 3 heteroatoms. The van der Waals surface area contributed by atoms with E-state index in [9.17, 15) is 4.79 Å². The number of rotatable bonds is 6. The molecule has 0 aliphatic rings. The van der Waals surface area contributed by atoms with Crippen molar-refractivity contribution in [3.05, 3.63) is 0 Å². The molecule has 2 N–H and O–H groups in total. The van der Waals surface area contributed by atoms with Crippen molar-refractivity contribution in [1.82, 2.24) is 0 Å². The van der Waals surface area contributed by atoms with Crippen LogP contribution in [0.15, 0.2) is 0 Å². The fourth-order valence-electron chi connectivity index (χ4n) is 1.23. The summed E-state index contributed by atoms with van der Waals surface area (Å²) < 4.78 is 0. The molecule has 0 amide bonds. The summed E-state index contributed by atoms with van der Waals surface area (Å²) in [4.78, 5) is 10.6. The van der Waals surface area contributed by atoms with E-state index in [4.69, 9.17) is 10.2 Å². The van der Waals surface area contributed by atoms with Crippen molar-refractivity contribution in [3.8, 4) is 0 Å². The molecule has 12 heavy (non-hydrogen) atoms. The minimum atomic E-state index is -0.888. The normalized spacial score (nSPS) is 15.6. The van der Waals surface area contributed by atoms with Crippen molar-refractivity contribution in [2.45, 2.75) is 33.1 Å². The van der Waals surface area contributed by atoms with Crippen molar-refractivity contribution >= 4 is 5.97 Å². The zero-order chi connectivity index (χ0) is 9.56. The van der Waals surface area contributed by atoms with Crippen LogP contribution in [0.25, 0.3) is 0 Å². The van der Waals surface area contributed by atoms with Crippen LogP contribution in [0.2, 0.25) is 0 Å². The van der Waals surface area contributed by atoms with Crippen LogP contribution in [0.5, 0.6) is 0 Å². The predicted octanol–water partition coefficient (Wildman–Crippen LogP) is 1.51. The average Bonchev–Trinajstić information content (AvgIpc) is 2.01. The Hall–Kier alpha value is -0.570. The van der Waals surface area contributed by atoms with Crippen LogP contribution in [0.3, 0.4) is 0 Å². The number of unbranched alkanes of at least 4 members (excludes halogenated alkanes) is 1. The maximum atomic E-state index is 10.6. The van der Waals surface area contributed by atoms with Crippen LogP contribution in [-0.2, 0) is 4.79 Å². The Labute approximate surface area is 73.4 Å². The van der Waals surface area contributed by atoms with E-state index in [1.807, 2.05) is 6.92 Å². The summed E-state index contributed by atoms with van der Waals surface area (Å²) in [6, 6.07) is 0. The smallest absolute Gasteiger partial charge is 0.309 e. The number of carboxylic acid groups (broad SMARTS) is 1. The Bertz CT molecular complexity index is 134. The predicted molar refractivity (Wildman–Crippen MR) is 46.9 cm³/mol. The van der Waals surface area contributed by atoms with Gasteiger partial charge in [-0.2, -0.15) is 0 Å². The summed E-state index contributed by atoms with van der Waals surface area (Å²) in [5.41, 5.74) is 0. The van der Waals surface area contributed by atoms with E-state index in [2.05, 4.69) is 6.92 Å². The van der Waals surface area contributed by atoms with Gasteiger partial charge >= 0.3 is 5.97 Å². The maximum Gasteiger partial charge on any atom is 0.309 e. The highest BCUT2D eigenvalue weighted by molar-refractivity contribution is 5.70. The monoisotopic (exact) mass is 174 g/mol. The van der Waals surface area contributed by atoms with Crippen molar-refractivity contribution in [2.24, 2.45) is 11.8 Å². The van der Waals surface area contributed by atoms with E-state index in [0.717, 1.165) is 19.3 Å². The largest absolute Gasteiger partial charge is 0.481 e. The van der Waals surface area contributed by atoms with Gasteiger partial charge in [-0.1, -0.05) is 26.7 Å². The Kier molecular flexibility index (Phi) is 5.72. The summed E-state index contributed by atoms with van der Waals surface area (Å²) in [6.45, 7) is 3.70. The summed E-state index contributed by atoms with van der Waals surface area (Å²) in [7, 11) is 0. The van der Waals surface area contributed by atoms with E-state index in [1.165, 1.54) is 0 Å². The third-order valence-corrected chi connectivity index (χ3v) is 2.21. The van der Waals surface area contributed by atoms with Crippen molar-refractivity contribution in [2.75, 3.05) is 6.61 Å². The van der Waals surface area contributed by atoms with E-state index >= 15 is 0 Å². The zero-order valence-electron chi connectivity index (χ0n) is 7.79. The zero-order valence-corrected chi connectivity index (χ0v) is 7.79. The van der Waals surface area contributed by atoms with Gasteiger partial charge in [0.15, 0.2) is 0 Å². The van der Waals surface area contributed by atoms with Gasteiger partial charge in [0.25, 0.3) is 0 Å². The Morgan fingerprint density at radius 3 is 2.42 bits per heavy atom. The lowest BCUT2D eigenvalue weighted by Crippen LogP contribution is -2.25. The van der Waals surface area contributed by atoms with E-state index < -0.39 is 11.9 Å². The van der Waals surface area contributed by atoms with Crippen LogP contribution >= 0.6 is 0 Å². The number of aliphatic hydroxyl groups is 1. The molecule has 3 nitrogen and oxygen atoms in total. The van der Waals surface area contributed by atoms with Gasteiger partial charge in [0, 0.05) is 0 Å². The second kappa shape index (κ2) is 6.00. The second-order valence-electron chi connectivity index (χ2n) is 3.25. The van der Waals surface area contributed by atoms with Crippen molar-refractivity contribution < 1.29 is 15.0 Å². The third kappa shape index (κ3) is 3.72. The molecular weight excluding hydrogens is 156 g/mol. The number of hydrogen-bond acceptors (Lipinski definition) is 2. The lowest BCUT2D eigenvalue weighted by Gasteiger charge is -2.16. The summed E-state index contributed by atoms with van der Waals surface area (Å²) in [6.07, 6.45) is 2.99. The number of carbonyl (C=O) groups is 1. The molecule has 0 fully saturated rings. The molecule has 0 aliphatic heterocycles. The van der Waals surface area contributed by atoms with Gasteiger partial charge in [0.1, 0.15) is 0 Å². The van der Waals surface area contributed by atoms with Crippen molar-refractivity contribution in [1.29, 1.82) is 0 Å². The van der Waals surface area contributed by atoms with Gasteiger partial charge in [-0.05, 0) is 12.3 Å². The van der Waals surface area contributed by atoms with Crippen LogP contribution in [0.1, 0.15) is 33.1 Å². The second-order valence-corrected chi connectivity index (χ2v) is 3.25. The first-order valence-corrected chi connectivity index (χ1v) is 4.47. The quantitative estimate of drug-likeness (QED) is 0.641. The number of aliphatic hydroxyl groups excluding tert-OH is 1. The first-order chi connectivity index (χ1) is 5.63.